The fraction of sp³-hybridized carbons (Fsp3) is 0.867. The van der Waals surface area contributed by atoms with Crippen molar-refractivity contribution < 1.29 is 23.8 Å². The Balaban J connectivity index is 0. The standard InChI is InChI=1S/C8H18N2O3.C7H15NO2/c1-7(10-8(11)9-2)6-13-5-4-12-3;1-4-5-6-10-7(9)8(2)3/h7H,4-6H2,1-3H3,(H2,9,10,11);4-6H2,1-3H3. The molecule has 0 saturated carbocycles. The van der Waals surface area contributed by atoms with Crippen molar-refractivity contribution in [3.8, 4) is 0 Å². The van der Waals surface area contributed by atoms with Gasteiger partial charge in [-0.05, 0) is 13.3 Å². The molecule has 3 amide bonds. The molecule has 0 spiro atoms. The van der Waals surface area contributed by atoms with E-state index in [1.54, 1.807) is 28.3 Å². The lowest BCUT2D eigenvalue weighted by atomic mass is 10.4. The zero-order chi connectivity index (χ0) is 18.1. The minimum atomic E-state index is -0.256. The Bertz CT molecular complexity index is 301. The van der Waals surface area contributed by atoms with Crippen LogP contribution < -0.4 is 10.6 Å². The predicted molar refractivity (Wildman–Crippen MR) is 89.7 cm³/mol. The number of hydrogen-bond donors (Lipinski definition) is 2. The Morgan fingerprint density at radius 1 is 1.17 bits per heavy atom. The molecule has 0 heterocycles. The van der Waals surface area contributed by atoms with Gasteiger partial charge in [-0.1, -0.05) is 13.3 Å². The first-order valence-corrected chi connectivity index (χ1v) is 7.77. The molecule has 8 nitrogen and oxygen atoms in total. The van der Waals surface area contributed by atoms with E-state index in [-0.39, 0.29) is 18.2 Å². The fourth-order valence-electron chi connectivity index (χ4n) is 1.17. The maximum Gasteiger partial charge on any atom is 0.409 e. The molecule has 0 aromatic rings. The zero-order valence-corrected chi connectivity index (χ0v) is 15.3. The summed E-state index contributed by atoms with van der Waals surface area (Å²) in [7, 11) is 6.55. The van der Waals surface area contributed by atoms with Crippen molar-refractivity contribution in [2.75, 3.05) is 54.7 Å². The van der Waals surface area contributed by atoms with Gasteiger partial charge in [0, 0.05) is 28.3 Å². The Hall–Kier alpha value is -1.54. The first-order valence-electron chi connectivity index (χ1n) is 7.77. The molecule has 23 heavy (non-hydrogen) atoms. The van der Waals surface area contributed by atoms with Gasteiger partial charge < -0.3 is 29.7 Å². The summed E-state index contributed by atoms with van der Waals surface area (Å²) in [6, 6.07) is -0.181. The Morgan fingerprint density at radius 3 is 2.30 bits per heavy atom. The van der Waals surface area contributed by atoms with Crippen LogP contribution >= 0.6 is 0 Å². The van der Waals surface area contributed by atoms with Crippen LogP contribution in [0.3, 0.4) is 0 Å². The highest BCUT2D eigenvalue weighted by atomic mass is 16.6. The largest absolute Gasteiger partial charge is 0.449 e. The first-order chi connectivity index (χ1) is 10.9. The monoisotopic (exact) mass is 335 g/mol. The van der Waals surface area contributed by atoms with E-state index in [4.69, 9.17) is 14.2 Å². The van der Waals surface area contributed by atoms with Crippen molar-refractivity contribution in [2.24, 2.45) is 0 Å². The van der Waals surface area contributed by atoms with Gasteiger partial charge in [0.15, 0.2) is 0 Å². The van der Waals surface area contributed by atoms with E-state index >= 15 is 0 Å². The Labute approximate surface area is 139 Å². The number of ether oxygens (including phenoxy) is 3. The number of rotatable bonds is 9. The molecule has 0 rings (SSSR count). The van der Waals surface area contributed by atoms with E-state index in [1.807, 2.05) is 6.92 Å². The van der Waals surface area contributed by atoms with E-state index in [0.717, 1.165) is 12.8 Å². The molecule has 1 atom stereocenters. The molecule has 0 bridgehead atoms. The molecule has 138 valence electrons. The van der Waals surface area contributed by atoms with Crippen molar-refractivity contribution in [3.63, 3.8) is 0 Å². The van der Waals surface area contributed by atoms with Crippen molar-refractivity contribution in [3.05, 3.63) is 0 Å². The van der Waals surface area contributed by atoms with Crippen LogP contribution in [0.2, 0.25) is 0 Å². The van der Waals surface area contributed by atoms with Gasteiger partial charge in [0.2, 0.25) is 0 Å². The highest BCUT2D eigenvalue weighted by Gasteiger charge is 2.04. The number of hydrogen-bond acceptors (Lipinski definition) is 5. The number of carbonyl (C=O) groups is 2. The van der Waals surface area contributed by atoms with Gasteiger partial charge in [0.1, 0.15) is 0 Å². The molecule has 8 heteroatoms. The third-order valence-electron chi connectivity index (χ3n) is 2.49. The number of amides is 3. The molecular formula is C15H33N3O5. The van der Waals surface area contributed by atoms with Gasteiger partial charge in [-0.3, -0.25) is 0 Å². The molecular weight excluding hydrogens is 302 g/mol. The number of nitrogens with one attached hydrogen (secondary N) is 2. The minimum Gasteiger partial charge on any atom is -0.449 e. The van der Waals surface area contributed by atoms with Crippen molar-refractivity contribution in [2.45, 2.75) is 32.7 Å². The summed E-state index contributed by atoms with van der Waals surface area (Å²) in [5, 5.41) is 5.16. The van der Waals surface area contributed by atoms with Crippen LogP contribution in [-0.4, -0.2) is 77.7 Å². The highest BCUT2D eigenvalue weighted by molar-refractivity contribution is 5.73. The molecule has 0 aliphatic rings. The predicted octanol–water partition coefficient (Wildman–Crippen LogP) is 1.45. The maximum atomic E-state index is 10.8. The summed E-state index contributed by atoms with van der Waals surface area (Å²) in [5.74, 6) is 0. The Morgan fingerprint density at radius 2 is 1.83 bits per heavy atom. The van der Waals surface area contributed by atoms with Crippen molar-refractivity contribution in [1.82, 2.24) is 15.5 Å². The average Bonchev–Trinajstić information content (AvgIpc) is 2.52. The average molecular weight is 335 g/mol. The van der Waals surface area contributed by atoms with E-state index in [0.29, 0.717) is 26.4 Å². The lowest BCUT2D eigenvalue weighted by Crippen LogP contribution is -2.41. The summed E-state index contributed by atoms with van der Waals surface area (Å²) in [6.07, 6.45) is 1.74. The van der Waals surface area contributed by atoms with Crippen LogP contribution in [0.4, 0.5) is 9.59 Å². The quantitative estimate of drug-likeness (QED) is 0.623. The molecule has 0 aromatic heterocycles. The third-order valence-corrected chi connectivity index (χ3v) is 2.49. The summed E-state index contributed by atoms with van der Waals surface area (Å²) in [4.78, 5) is 23.0. The smallest absolute Gasteiger partial charge is 0.409 e. The summed E-state index contributed by atoms with van der Waals surface area (Å²) in [6.45, 7) is 6.10. The second kappa shape index (κ2) is 16.8. The molecule has 2 N–H and O–H groups in total. The van der Waals surface area contributed by atoms with E-state index < -0.39 is 0 Å². The van der Waals surface area contributed by atoms with Crippen LogP contribution in [0.25, 0.3) is 0 Å². The number of methoxy groups -OCH3 is 1. The van der Waals surface area contributed by atoms with Crippen molar-refractivity contribution in [1.29, 1.82) is 0 Å². The molecule has 0 aliphatic carbocycles. The normalized spacial score (nSPS) is 10.9. The van der Waals surface area contributed by atoms with Crippen molar-refractivity contribution >= 4 is 12.1 Å². The molecule has 0 saturated heterocycles. The second-order valence-corrected chi connectivity index (χ2v) is 5.05. The lowest BCUT2D eigenvalue weighted by Gasteiger charge is -2.13. The number of carbonyl (C=O) groups excluding carboxylic acids is 2. The van der Waals surface area contributed by atoms with Gasteiger partial charge in [0.25, 0.3) is 0 Å². The summed E-state index contributed by atoms with van der Waals surface area (Å²) < 4.78 is 14.8. The van der Waals surface area contributed by atoms with Crippen LogP contribution in [0, 0.1) is 0 Å². The summed E-state index contributed by atoms with van der Waals surface area (Å²) in [5.41, 5.74) is 0. The maximum absolute atomic E-state index is 10.8. The van der Waals surface area contributed by atoms with Gasteiger partial charge in [-0.2, -0.15) is 0 Å². The number of unbranched alkanes of at least 4 members (excludes halogenated alkanes) is 1. The van der Waals surface area contributed by atoms with Crippen LogP contribution in [0.15, 0.2) is 0 Å². The topological polar surface area (TPSA) is 89.1 Å². The fourth-order valence-corrected chi connectivity index (χ4v) is 1.17. The molecule has 0 aliphatic heterocycles. The van der Waals surface area contributed by atoms with Gasteiger partial charge >= 0.3 is 12.1 Å². The number of nitrogens with zero attached hydrogens (tertiary/aromatic N) is 1. The molecule has 0 radical (unpaired) electrons. The highest BCUT2D eigenvalue weighted by Crippen LogP contribution is 1.91. The van der Waals surface area contributed by atoms with Gasteiger partial charge in [-0.15, -0.1) is 0 Å². The zero-order valence-electron chi connectivity index (χ0n) is 15.3. The lowest BCUT2D eigenvalue weighted by molar-refractivity contribution is 0.0623. The minimum absolute atomic E-state index is 0.0109. The van der Waals surface area contributed by atoms with Crippen LogP contribution in [0.1, 0.15) is 26.7 Å². The first kappa shape index (κ1) is 23.7. The van der Waals surface area contributed by atoms with Gasteiger partial charge in [0.05, 0.1) is 32.5 Å². The summed E-state index contributed by atoms with van der Waals surface area (Å²) >= 11 is 0. The second-order valence-electron chi connectivity index (χ2n) is 5.05. The van der Waals surface area contributed by atoms with Gasteiger partial charge in [-0.25, -0.2) is 9.59 Å². The van der Waals surface area contributed by atoms with Crippen LogP contribution in [-0.2, 0) is 14.2 Å². The van der Waals surface area contributed by atoms with E-state index in [2.05, 4.69) is 17.6 Å². The van der Waals surface area contributed by atoms with E-state index in [1.165, 1.54) is 4.90 Å². The Kier molecular flexibility index (Phi) is 17.4. The molecule has 0 fully saturated rings. The molecule has 1 unspecified atom stereocenters. The molecule has 0 aromatic carbocycles. The third kappa shape index (κ3) is 18.4. The van der Waals surface area contributed by atoms with E-state index in [9.17, 15) is 9.59 Å². The number of urea groups is 1. The SMILES string of the molecule is CCCCOC(=O)N(C)C.CNC(=O)NC(C)COCCOC. The van der Waals surface area contributed by atoms with Crippen LogP contribution in [0.5, 0.6) is 0 Å².